The summed E-state index contributed by atoms with van der Waals surface area (Å²) in [4.78, 5) is 11.0. The highest BCUT2D eigenvalue weighted by atomic mass is 16.5. The Morgan fingerprint density at radius 2 is 2.55 bits per heavy atom. The van der Waals surface area contributed by atoms with Gasteiger partial charge >= 0.3 is 0 Å². The van der Waals surface area contributed by atoms with Crippen LogP contribution in [-0.2, 0) is 9.53 Å². The molecule has 1 fully saturated rings. The minimum atomic E-state index is 0.111. The summed E-state index contributed by atoms with van der Waals surface area (Å²) in [6, 6.07) is 0. The van der Waals surface area contributed by atoms with Crippen LogP contribution in [0.4, 0.5) is 0 Å². The summed E-state index contributed by atoms with van der Waals surface area (Å²) in [6.07, 6.45) is 2.86. The summed E-state index contributed by atoms with van der Waals surface area (Å²) in [5.41, 5.74) is 0. The van der Waals surface area contributed by atoms with E-state index in [9.17, 15) is 4.79 Å². The Balaban J connectivity index is 2.13. The van der Waals surface area contributed by atoms with Crippen LogP contribution in [0.5, 0.6) is 0 Å². The molecule has 1 amide bonds. The van der Waals surface area contributed by atoms with Crippen LogP contribution >= 0.6 is 0 Å². The summed E-state index contributed by atoms with van der Waals surface area (Å²) in [5.74, 6) is 0.111. The van der Waals surface area contributed by atoms with Crippen molar-refractivity contribution in [2.24, 2.45) is 0 Å². The predicted octanol–water partition coefficient (Wildman–Crippen LogP) is 0.692. The molecule has 1 atom stereocenters. The van der Waals surface area contributed by atoms with Gasteiger partial charge in [0.25, 0.3) is 0 Å². The molecule has 0 aliphatic carbocycles. The second-order valence-electron chi connectivity index (χ2n) is 2.79. The number of amides is 1. The van der Waals surface area contributed by atoms with E-state index in [4.69, 9.17) is 4.74 Å². The molecule has 0 spiro atoms. The zero-order valence-electron chi connectivity index (χ0n) is 6.93. The first kappa shape index (κ1) is 8.53. The monoisotopic (exact) mass is 157 g/mol. The minimum Gasteiger partial charge on any atom is -0.378 e. The Bertz CT molecular complexity index is 130. The lowest BCUT2D eigenvalue weighted by Gasteiger charge is -2.07. The van der Waals surface area contributed by atoms with E-state index in [1.54, 1.807) is 0 Å². The van der Waals surface area contributed by atoms with Gasteiger partial charge in [-0.2, -0.15) is 0 Å². The van der Waals surface area contributed by atoms with Gasteiger partial charge < -0.3 is 10.1 Å². The minimum absolute atomic E-state index is 0.111. The molecule has 1 aliphatic rings. The molecule has 1 N–H and O–H groups in total. The number of hydrogen-bond donors (Lipinski definition) is 1. The zero-order chi connectivity index (χ0) is 8.10. The van der Waals surface area contributed by atoms with Crippen molar-refractivity contribution < 1.29 is 9.53 Å². The molecule has 11 heavy (non-hydrogen) atoms. The van der Waals surface area contributed by atoms with Crippen molar-refractivity contribution in [2.45, 2.75) is 32.3 Å². The van der Waals surface area contributed by atoms with Crippen LogP contribution in [0.2, 0.25) is 0 Å². The third-order valence-electron chi connectivity index (χ3n) is 1.81. The lowest BCUT2D eigenvalue weighted by atomic mass is 10.2. The maximum atomic E-state index is 11.0. The van der Waals surface area contributed by atoms with Crippen molar-refractivity contribution in [2.75, 3.05) is 13.2 Å². The van der Waals surface area contributed by atoms with Gasteiger partial charge in [-0.05, 0) is 19.8 Å². The summed E-state index contributed by atoms with van der Waals surface area (Å²) >= 11 is 0. The predicted molar refractivity (Wildman–Crippen MR) is 42.3 cm³/mol. The van der Waals surface area contributed by atoms with Gasteiger partial charge in [-0.3, -0.25) is 4.79 Å². The highest BCUT2D eigenvalue weighted by Gasteiger charge is 2.18. The van der Waals surface area contributed by atoms with Gasteiger partial charge in [0.05, 0.1) is 12.5 Å². The summed E-state index contributed by atoms with van der Waals surface area (Å²) in [7, 11) is 0. The van der Waals surface area contributed by atoms with Crippen molar-refractivity contribution in [3.05, 3.63) is 0 Å². The van der Waals surface area contributed by atoms with Crippen LogP contribution in [0.15, 0.2) is 0 Å². The average Bonchev–Trinajstić information content (AvgIpc) is 2.40. The van der Waals surface area contributed by atoms with Crippen molar-refractivity contribution in [3.8, 4) is 0 Å². The SMILES string of the molecule is CCNC(=O)CC1CCCO1. The maximum absolute atomic E-state index is 11.0. The first-order chi connectivity index (χ1) is 5.33. The number of nitrogens with one attached hydrogen (secondary N) is 1. The largest absolute Gasteiger partial charge is 0.378 e. The summed E-state index contributed by atoms with van der Waals surface area (Å²) in [5, 5.41) is 2.75. The fraction of sp³-hybridized carbons (Fsp3) is 0.875. The molecule has 0 aromatic rings. The number of rotatable bonds is 3. The smallest absolute Gasteiger partial charge is 0.222 e. The van der Waals surface area contributed by atoms with Gasteiger partial charge in [0, 0.05) is 13.2 Å². The van der Waals surface area contributed by atoms with Crippen LogP contribution in [0, 0.1) is 0 Å². The van der Waals surface area contributed by atoms with E-state index >= 15 is 0 Å². The average molecular weight is 157 g/mol. The highest BCUT2D eigenvalue weighted by Crippen LogP contribution is 2.14. The van der Waals surface area contributed by atoms with E-state index in [0.29, 0.717) is 13.0 Å². The molecule has 1 rings (SSSR count). The number of carbonyl (C=O) groups is 1. The Morgan fingerprint density at radius 1 is 1.73 bits per heavy atom. The summed E-state index contributed by atoms with van der Waals surface area (Å²) < 4.78 is 5.31. The molecule has 64 valence electrons. The van der Waals surface area contributed by atoms with E-state index in [-0.39, 0.29) is 12.0 Å². The fourth-order valence-corrected chi connectivity index (χ4v) is 1.28. The van der Waals surface area contributed by atoms with Crippen LogP contribution in [0.1, 0.15) is 26.2 Å². The van der Waals surface area contributed by atoms with Crippen molar-refractivity contribution in [1.29, 1.82) is 0 Å². The Hall–Kier alpha value is -0.570. The molecule has 0 aromatic carbocycles. The summed E-state index contributed by atoms with van der Waals surface area (Å²) in [6.45, 7) is 3.46. The lowest BCUT2D eigenvalue weighted by Crippen LogP contribution is -2.26. The topological polar surface area (TPSA) is 38.3 Å². The first-order valence-electron chi connectivity index (χ1n) is 4.21. The molecular formula is C8H15NO2. The van der Waals surface area contributed by atoms with E-state index in [1.165, 1.54) is 0 Å². The number of carbonyl (C=O) groups excluding carboxylic acids is 1. The molecule has 1 unspecified atom stereocenters. The maximum Gasteiger partial charge on any atom is 0.222 e. The Labute approximate surface area is 67.1 Å². The standard InChI is InChI=1S/C8H15NO2/c1-2-9-8(10)6-7-4-3-5-11-7/h7H,2-6H2,1H3,(H,9,10). The molecular weight excluding hydrogens is 142 g/mol. The fourth-order valence-electron chi connectivity index (χ4n) is 1.28. The molecule has 0 aromatic heterocycles. The van der Waals surface area contributed by atoms with E-state index in [1.807, 2.05) is 6.92 Å². The van der Waals surface area contributed by atoms with Crippen LogP contribution in [-0.4, -0.2) is 25.2 Å². The van der Waals surface area contributed by atoms with E-state index < -0.39 is 0 Å². The second kappa shape index (κ2) is 4.34. The van der Waals surface area contributed by atoms with Crippen molar-refractivity contribution >= 4 is 5.91 Å². The third-order valence-corrected chi connectivity index (χ3v) is 1.81. The molecule has 1 aliphatic heterocycles. The van der Waals surface area contributed by atoms with Crippen LogP contribution in [0.3, 0.4) is 0 Å². The van der Waals surface area contributed by atoms with Gasteiger partial charge in [-0.15, -0.1) is 0 Å². The Morgan fingerprint density at radius 3 is 3.09 bits per heavy atom. The second-order valence-corrected chi connectivity index (χ2v) is 2.79. The normalized spacial score (nSPS) is 23.5. The third kappa shape index (κ3) is 2.89. The number of ether oxygens (including phenoxy) is 1. The molecule has 3 nitrogen and oxygen atoms in total. The van der Waals surface area contributed by atoms with E-state index in [0.717, 1.165) is 19.4 Å². The zero-order valence-corrected chi connectivity index (χ0v) is 6.93. The molecule has 3 heteroatoms. The Kier molecular flexibility index (Phi) is 3.36. The van der Waals surface area contributed by atoms with Crippen LogP contribution < -0.4 is 5.32 Å². The van der Waals surface area contributed by atoms with Crippen LogP contribution in [0.25, 0.3) is 0 Å². The molecule has 1 saturated heterocycles. The quantitative estimate of drug-likeness (QED) is 0.654. The van der Waals surface area contributed by atoms with Gasteiger partial charge in [0.15, 0.2) is 0 Å². The van der Waals surface area contributed by atoms with Gasteiger partial charge in [-0.25, -0.2) is 0 Å². The van der Waals surface area contributed by atoms with Crippen molar-refractivity contribution in [3.63, 3.8) is 0 Å². The van der Waals surface area contributed by atoms with Gasteiger partial charge in [0.1, 0.15) is 0 Å². The number of hydrogen-bond acceptors (Lipinski definition) is 2. The lowest BCUT2D eigenvalue weighted by molar-refractivity contribution is -0.123. The molecule has 0 radical (unpaired) electrons. The van der Waals surface area contributed by atoms with Gasteiger partial charge in [0.2, 0.25) is 5.91 Å². The van der Waals surface area contributed by atoms with E-state index in [2.05, 4.69) is 5.32 Å². The highest BCUT2D eigenvalue weighted by molar-refractivity contribution is 5.76. The first-order valence-corrected chi connectivity index (χ1v) is 4.21. The van der Waals surface area contributed by atoms with Crippen molar-refractivity contribution in [1.82, 2.24) is 5.32 Å². The molecule has 1 heterocycles. The molecule has 0 bridgehead atoms. The van der Waals surface area contributed by atoms with Gasteiger partial charge in [-0.1, -0.05) is 0 Å². The molecule has 0 saturated carbocycles.